The first-order chi connectivity index (χ1) is 22.1. The number of benzene rings is 1. The van der Waals surface area contributed by atoms with Crippen LogP contribution in [0.2, 0.25) is 0 Å². The van der Waals surface area contributed by atoms with Gasteiger partial charge in [0.15, 0.2) is 0 Å². The first-order valence-electron chi connectivity index (χ1n) is 14.6. The molecule has 1 aliphatic heterocycles. The van der Waals surface area contributed by atoms with Crippen LogP contribution in [0.4, 0.5) is 0 Å². The van der Waals surface area contributed by atoms with E-state index in [1.54, 1.807) is 5.32 Å². The number of aryl methyl sites for hydroxylation is 1. The van der Waals surface area contributed by atoms with Crippen LogP contribution < -0.4 is 47.9 Å². The number of imide groups is 4. The van der Waals surface area contributed by atoms with Gasteiger partial charge in [-0.3, -0.25) is 64.4 Å². The van der Waals surface area contributed by atoms with Gasteiger partial charge in [0.1, 0.15) is 0 Å². The van der Waals surface area contributed by atoms with Crippen molar-refractivity contribution in [3.63, 3.8) is 0 Å². The van der Waals surface area contributed by atoms with Crippen molar-refractivity contribution in [1.29, 1.82) is 0 Å². The topological polar surface area (TPSA) is 262 Å². The van der Waals surface area contributed by atoms with E-state index in [0.29, 0.717) is 52.1 Å². The van der Waals surface area contributed by atoms with Crippen molar-refractivity contribution in [2.24, 2.45) is 0 Å². The largest absolute Gasteiger partial charge is 0.348 e. The van der Waals surface area contributed by atoms with Gasteiger partial charge in [0.05, 0.1) is 6.54 Å². The Balaban J connectivity index is 1.96. The molecule has 1 atom stereocenters. The summed E-state index contributed by atoms with van der Waals surface area (Å²) in [5.74, 6) is -14.0. The maximum atomic E-state index is 12.2. The minimum atomic E-state index is -1.83. The molecule has 9 N–H and O–H groups in total. The molecule has 0 spiro atoms. The molecule has 18 heteroatoms. The lowest BCUT2D eigenvalue weighted by atomic mass is 10.1. The molecule has 1 aromatic rings. The van der Waals surface area contributed by atoms with E-state index < -0.39 is 53.2 Å². The van der Waals surface area contributed by atoms with E-state index in [1.165, 1.54) is 16.0 Å². The lowest BCUT2D eigenvalue weighted by Gasteiger charge is -2.20. The second-order valence-electron chi connectivity index (χ2n) is 10.00. The van der Waals surface area contributed by atoms with Gasteiger partial charge in [0, 0.05) is 45.3 Å². The van der Waals surface area contributed by atoms with Crippen molar-refractivity contribution in [2.75, 3.05) is 52.4 Å². The lowest BCUT2D eigenvalue weighted by Crippen LogP contribution is -2.54. The predicted octanol–water partition coefficient (Wildman–Crippen LogP) is -5.17. The average molecular weight is 646 g/mol. The summed E-state index contributed by atoms with van der Waals surface area (Å²) >= 11 is 0. The van der Waals surface area contributed by atoms with Crippen LogP contribution in [0, 0.1) is 0 Å². The molecule has 250 valence electrons. The molecular weight excluding hydrogens is 606 g/mol. The van der Waals surface area contributed by atoms with Crippen LogP contribution in [0.3, 0.4) is 0 Å². The lowest BCUT2D eigenvalue weighted by molar-refractivity contribution is -0.150. The van der Waals surface area contributed by atoms with E-state index in [4.69, 9.17) is 0 Å². The standard InChI is InChI=1S/C28H39N9O9/c38-20-17-31-16-19(9-8-18-6-2-1-3-7-18)32-15-14-30-13-12-29-10-4-5-11-33-21(39)22(40)35-25(43)26(44)37-28(46)27(45)36-24(42)23(41)34-20/h1-3,6-7,19,29-32H,4-5,8-17H2,(H,33,39)(H,34,38,41)(H,35,40,43)(H,36,42,45)(H,37,44,46). The number of nitrogens with one attached hydrogen (secondary N) is 9. The van der Waals surface area contributed by atoms with E-state index in [9.17, 15) is 43.2 Å². The summed E-state index contributed by atoms with van der Waals surface area (Å²) in [4.78, 5) is 107. The molecule has 0 bridgehead atoms. The summed E-state index contributed by atoms with van der Waals surface area (Å²) in [6, 6.07) is 9.81. The molecule has 1 heterocycles. The Kier molecular flexibility index (Phi) is 17.0. The third kappa shape index (κ3) is 15.2. The number of hydrogen-bond donors (Lipinski definition) is 9. The zero-order valence-electron chi connectivity index (χ0n) is 25.1. The maximum Gasteiger partial charge on any atom is 0.316 e. The second-order valence-corrected chi connectivity index (χ2v) is 10.00. The van der Waals surface area contributed by atoms with Gasteiger partial charge in [0.25, 0.3) is 0 Å². The van der Waals surface area contributed by atoms with Crippen molar-refractivity contribution in [2.45, 2.75) is 31.7 Å². The zero-order chi connectivity index (χ0) is 33.7. The Labute approximate surface area is 264 Å². The highest BCUT2D eigenvalue weighted by Crippen LogP contribution is 2.04. The van der Waals surface area contributed by atoms with Crippen LogP contribution in [-0.4, -0.2) is 112 Å². The summed E-state index contributed by atoms with van der Waals surface area (Å²) in [5.41, 5.74) is 1.15. The fourth-order valence-electron chi connectivity index (χ4n) is 3.95. The third-order valence-corrected chi connectivity index (χ3v) is 6.34. The molecule has 0 radical (unpaired) electrons. The van der Waals surface area contributed by atoms with Gasteiger partial charge in [-0.15, -0.1) is 0 Å². The van der Waals surface area contributed by atoms with Gasteiger partial charge in [0.2, 0.25) is 5.91 Å². The van der Waals surface area contributed by atoms with Crippen LogP contribution in [-0.2, 0) is 49.6 Å². The molecule has 1 unspecified atom stereocenters. The molecular formula is C28H39N9O9. The number of carbonyl (C=O) groups excluding carboxylic acids is 9. The number of rotatable bonds is 3. The number of amides is 9. The predicted molar refractivity (Wildman–Crippen MR) is 160 cm³/mol. The van der Waals surface area contributed by atoms with E-state index >= 15 is 0 Å². The smallest absolute Gasteiger partial charge is 0.316 e. The van der Waals surface area contributed by atoms with E-state index in [-0.39, 0.29) is 19.1 Å². The van der Waals surface area contributed by atoms with Gasteiger partial charge >= 0.3 is 47.3 Å². The summed E-state index contributed by atoms with van der Waals surface area (Å²) < 4.78 is 0. The van der Waals surface area contributed by atoms with Gasteiger partial charge < -0.3 is 26.6 Å². The summed E-state index contributed by atoms with van der Waals surface area (Å²) in [6.07, 6.45) is 2.71. The van der Waals surface area contributed by atoms with Crippen LogP contribution in [0.25, 0.3) is 0 Å². The van der Waals surface area contributed by atoms with E-state index in [0.717, 1.165) is 18.4 Å². The molecule has 46 heavy (non-hydrogen) atoms. The van der Waals surface area contributed by atoms with Gasteiger partial charge in [-0.1, -0.05) is 30.3 Å². The molecule has 1 fully saturated rings. The van der Waals surface area contributed by atoms with Crippen molar-refractivity contribution in [1.82, 2.24) is 47.9 Å². The van der Waals surface area contributed by atoms with Gasteiger partial charge in [-0.2, -0.15) is 0 Å². The highest BCUT2D eigenvalue weighted by molar-refractivity contribution is 6.52. The highest BCUT2D eigenvalue weighted by Gasteiger charge is 2.28. The molecule has 1 aliphatic rings. The normalized spacial score (nSPS) is 20.6. The van der Waals surface area contributed by atoms with Crippen LogP contribution in [0.15, 0.2) is 30.3 Å². The monoisotopic (exact) mass is 645 g/mol. The average Bonchev–Trinajstić information content (AvgIpc) is 3.03. The molecule has 0 aliphatic carbocycles. The van der Waals surface area contributed by atoms with Crippen LogP contribution in [0.5, 0.6) is 0 Å². The first-order valence-corrected chi connectivity index (χ1v) is 14.6. The zero-order valence-corrected chi connectivity index (χ0v) is 25.1. The quantitative estimate of drug-likeness (QED) is 0.110. The fourth-order valence-corrected chi connectivity index (χ4v) is 3.95. The molecule has 9 amide bonds. The maximum absolute atomic E-state index is 12.2. The Morgan fingerprint density at radius 2 is 1.02 bits per heavy atom. The molecule has 18 nitrogen and oxygen atoms in total. The van der Waals surface area contributed by atoms with Gasteiger partial charge in [-0.25, -0.2) is 0 Å². The number of hydrogen-bond acceptors (Lipinski definition) is 13. The minimum absolute atomic E-state index is 0.0420. The SMILES string of the molecule is O=C1CNCC(CCc2ccccc2)NCCNCCNCCCCNC(=O)C(=O)NC(=O)C(=O)NC(=O)C(=O)NC(=O)C(=O)N1. The van der Waals surface area contributed by atoms with Gasteiger partial charge in [-0.05, 0) is 37.8 Å². The van der Waals surface area contributed by atoms with Crippen LogP contribution >= 0.6 is 0 Å². The summed E-state index contributed by atoms with van der Waals surface area (Å²) in [7, 11) is 0. The highest BCUT2D eigenvalue weighted by atomic mass is 16.2. The third-order valence-electron chi connectivity index (χ3n) is 6.34. The minimum Gasteiger partial charge on any atom is -0.348 e. The van der Waals surface area contributed by atoms with Crippen molar-refractivity contribution in [3.05, 3.63) is 35.9 Å². The Hall–Kier alpha value is -4.91. The molecule has 0 saturated carbocycles. The fraction of sp³-hybridized carbons (Fsp3) is 0.464. The second kappa shape index (κ2) is 20.9. The molecule has 2 rings (SSSR count). The summed E-state index contributed by atoms with van der Waals surface area (Å²) in [6.45, 7) is 3.48. The van der Waals surface area contributed by atoms with Crippen LogP contribution in [0.1, 0.15) is 24.8 Å². The number of carbonyl (C=O) groups is 9. The molecule has 0 aromatic heterocycles. The first kappa shape index (κ1) is 37.3. The Bertz CT molecular complexity index is 1270. The van der Waals surface area contributed by atoms with E-state index in [2.05, 4.69) is 26.6 Å². The van der Waals surface area contributed by atoms with Crippen molar-refractivity contribution < 1.29 is 43.2 Å². The molecule has 1 aromatic carbocycles. The molecule has 1 saturated heterocycles. The Morgan fingerprint density at radius 1 is 0.522 bits per heavy atom. The summed E-state index contributed by atoms with van der Waals surface area (Å²) in [5, 5.41) is 21.0. The van der Waals surface area contributed by atoms with Crippen molar-refractivity contribution >= 4 is 53.2 Å². The Morgan fingerprint density at radius 3 is 1.63 bits per heavy atom. The van der Waals surface area contributed by atoms with E-state index in [1.807, 2.05) is 30.3 Å². The van der Waals surface area contributed by atoms with Crippen molar-refractivity contribution in [3.8, 4) is 0 Å².